The Labute approximate surface area is 144 Å². The highest BCUT2D eigenvalue weighted by Gasteiger charge is 2.57. The maximum Gasteiger partial charge on any atom is 0.266 e. The Bertz CT molecular complexity index is 530. The summed E-state index contributed by atoms with van der Waals surface area (Å²) < 4.78 is 26.5. The predicted octanol–water partition coefficient (Wildman–Crippen LogP) is 5.58. The lowest BCUT2D eigenvalue weighted by atomic mass is 9.49. The van der Waals surface area contributed by atoms with E-state index >= 15 is 0 Å². The van der Waals surface area contributed by atoms with E-state index < -0.39 is 12.0 Å². The maximum atomic E-state index is 13.2. The second kappa shape index (κ2) is 5.79. The lowest BCUT2D eigenvalue weighted by molar-refractivity contribution is -0.157. The summed E-state index contributed by atoms with van der Waals surface area (Å²) in [4.78, 5) is 0. The van der Waals surface area contributed by atoms with E-state index in [2.05, 4.69) is 19.9 Å². The molecule has 0 amide bonds. The van der Waals surface area contributed by atoms with Gasteiger partial charge in [-0.2, -0.15) is 0 Å². The second-order valence-corrected chi connectivity index (χ2v) is 9.39. The van der Waals surface area contributed by atoms with Gasteiger partial charge < -0.3 is 5.11 Å². The van der Waals surface area contributed by atoms with Crippen molar-refractivity contribution in [1.29, 1.82) is 0 Å². The molecule has 0 spiro atoms. The minimum absolute atomic E-state index is 0.303. The molecule has 4 aliphatic carbocycles. The molecule has 4 aliphatic rings. The Morgan fingerprint density at radius 3 is 2.50 bits per heavy atom. The summed E-state index contributed by atoms with van der Waals surface area (Å²) in [5.41, 5.74) is 0.368. The Hall–Kier alpha value is -0.440. The fourth-order valence-corrected chi connectivity index (χ4v) is 7.43. The van der Waals surface area contributed by atoms with E-state index in [1.54, 1.807) is 5.57 Å². The summed E-state index contributed by atoms with van der Waals surface area (Å²) in [6.07, 6.45) is 8.61. The number of halogens is 2. The van der Waals surface area contributed by atoms with Gasteiger partial charge in [0.1, 0.15) is 5.60 Å². The average molecular weight is 338 g/mol. The molecule has 24 heavy (non-hydrogen) atoms. The van der Waals surface area contributed by atoms with Gasteiger partial charge in [-0.3, -0.25) is 0 Å². The third-order valence-corrected chi connectivity index (χ3v) is 8.65. The van der Waals surface area contributed by atoms with Gasteiger partial charge in [0.2, 0.25) is 0 Å². The van der Waals surface area contributed by atoms with Gasteiger partial charge in [0.05, 0.1) is 0 Å². The Kier molecular flexibility index (Phi) is 4.10. The maximum absolute atomic E-state index is 13.2. The molecule has 0 bridgehead atoms. The smallest absolute Gasteiger partial charge is 0.266 e. The SMILES string of the molecule is CC=C1CC[C@H]2[C@@H]3CC[C@H]4C[C@](O)(C(F)F)CC[C@@H]4[C@H]3CC[C@]12C. The first-order valence-corrected chi connectivity index (χ1v) is 10.1. The highest BCUT2D eigenvalue weighted by molar-refractivity contribution is 5.23. The van der Waals surface area contributed by atoms with Crippen LogP contribution in [0.1, 0.15) is 71.6 Å². The van der Waals surface area contributed by atoms with E-state index in [0.717, 1.165) is 30.6 Å². The molecule has 0 aromatic carbocycles. The largest absolute Gasteiger partial charge is 0.384 e. The van der Waals surface area contributed by atoms with Crippen molar-refractivity contribution in [3.63, 3.8) is 0 Å². The van der Waals surface area contributed by atoms with Crippen molar-refractivity contribution < 1.29 is 13.9 Å². The monoisotopic (exact) mass is 338 g/mol. The van der Waals surface area contributed by atoms with Crippen LogP contribution >= 0.6 is 0 Å². The molecule has 0 heterocycles. The van der Waals surface area contributed by atoms with Crippen molar-refractivity contribution in [2.75, 3.05) is 0 Å². The van der Waals surface area contributed by atoms with E-state index in [9.17, 15) is 13.9 Å². The molecule has 3 heteroatoms. The number of hydrogen-bond donors (Lipinski definition) is 1. The molecule has 4 rings (SSSR count). The van der Waals surface area contributed by atoms with Crippen LogP contribution in [0.4, 0.5) is 8.78 Å². The molecule has 0 aromatic rings. The first-order valence-electron chi connectivity index (χ1n) is 10.1. The highest BCUT2D eigenvalue weighted by atomic mass is 19.3. The number of fused-ring (bicyclic) bond motifs is 5. The van der Waals surface area contributed by atoms with Crippen molar-refractivity contribution in [2.24, 2.45) is 35.0 Å². The van der Waals surface area contributed by atoms with Crippen LogP contribution < -0.4 is 0 Å². The zero-order chi connectivity index (χ0) is 17.1. The molecular formula is C21H32F2O. The zero-order valence-corrected chi connectivity index (χ0v) is 15.1. The highest BCUT2D eigenvalue weighted by Crippen LogP contribution is 2.64. The fourth-order valence-electron chi connectivity index (χ4n) is 7.43. The quantitative estimate of drug-likeness (QED) is 0.619. The average Bonchev–Trinajstić information content (AvgIpc) is 2.90. The molecule has 0 saturated heterocycles. The molecule has 7 atom stereocenters. The van der Waals surface area contributed by atoms with Crippen LogP contribution in [0.15, 0.2) is 11.6 Å². The molecule has 4 saturated carbocycles. The number of alkyl halides is 2. The van der Waals surface area contributed by atoms with Crippen molar-refractivity contribution in [2.45, 2.75) is 83.7 Å². The lowest BCUT2D eigenvalue weighted by Crippen LogP contribution is -2.52. The van der Waals surface area contributed by atoms with Crippen molar-refractivity contribution >= 4 is 0 Å². The van der Waals surface area contributed by atoms with Gasteiger partial charge >= 0.3 is 0 Å². The van der Waals surface area contributed by atoms with Gasteiger partial charge in [0.15, 0.2) is 0 Å². The van der Waals surface area contributed by atoms with Crippen LogP contribution in [0, 0.1) is 35.0 Å². The number of rotatable bonds is 1. The van der Waals surface area contributed by atoms with Crippen LogP contribution in [0.5, 0.6) is 0 Å². The van der Waals surface area contributed by atoms with E-state index in [0.29, 0.717) is 30.1 Å². The third-order valence-electron chi connectivity index (χ3n) is 8.65. The van der Waals surface area contributed by atoms with Gasteiger partial charge in [-0.1, -0.05) is 18.6 Å². The van der Waals surface area contributed by atoms with E-state index in [4.69, 9.17) is 0 Å². The minimum Gasteiger partial charge on any atom is -0.384 e. The van der Waals surface area contributed by atoms with Crippen LogP contribution in [-0.4, -0.2) is 17.1 Å². The van der Waals surface area contributed by atoms with Gasteiger partial charge in [0, 0.05) is 0 Å². The van der Waals surface area contributed by atoms with Gasteiger partial charge in [-0.25, -0.2) is 8.78 Å². The summed E-state index contributed by atoms with van der Waals surface area (Å²) in [6.45, 7) is 4.68. The normalized spacial score (nSPS) is 52.9. The summed E-state index contributed by atoms with van der Waals surface area (Å²) >= 11 is 0. The Balaban J connectivity index is 1.54. The number of aliphatic hydroxyl groups is 1. The van der Waals surface area contributed by atoms with Crippen molar-refractivity contribution in [3.8, 4) is 0 Å². The van der Waals surface area contributed by atoms with Gasteiger partial charge in [-0.05, 0) is 99.7 Å². The predicted molar refractivity (Wildman–Crippen MR) is 91.8 cm³/mol. The molecule has 0 radical (unpaired) electrons. The minimum atomic E-state index is -2.59. The lowest BCUT2D eigenvalue weighted by Gasteiger charge is -2.56. The standard InChI is InChI=1S/C21H32F2O/c1-3-14-5-7-18-17-6-4-13-12-21(24,19(22)23)11-9-15(13)16(17)8-10-20(14,18)2/h3,13,15-19,24H,4-12H2,1-2H3/t13-,15-,16+,17+,18-,20+,21-/m0/s1. The van der Waals surface area contributed by atoms with Crippen molar-refractivity contribution in [1.82, 2.24) is 0 Å². The van der Waals surface area contributed by atoms with E-state index in [1.807, 2.05) is 0 Å². The van der Waals surface area contributed by atoms with E-state index in [1.165, 1.54) is 32.1 Å². The first kappa shape index (κ1) is 17.0. The van der Waals surface area contributed by atoms with Crippen LogP contribution in [0.25, 0.3) is 0 Å². The molecule has 136 valence electrons. The number of hydrogen-bond acceptors (Lipinski definition) is 1. The molecule has 1 N–H and O–H groups in total. The molecule has 0 unspecified atom stereocenters. The summed E-state index contributed by atoms with van der Waals surface area (Å²) in [7, 11) is 0. The number of allylic oxidation sites excluding steroid dienone is 2. The topological polar surface area (TPSA) is 20.2 Å². The Morgan fingerprint density at radius 1 is 1.04 bits per heavy atom. The molecule has 0 aliphatic heterocycles. The molecule has 1 nitrogen and oxygen atoms in total. The van der Waals surface area contributed by atoms with E-state index in [-0.39, 0.29) is 0 Å². The molecular weight excluding hydrogens is 306 g/mol. The zero-order valence-electron chi connectivity index (χ0n) is 15.1. The molecule has 4 fully saturated rings. The van der Waals surface area contributed by atoms with Gasteiger partial charge in [0.25, 0.3) is 6.43 Å². The Morgan fingerprint density at radius 2 is 1.79 bits per heavy atom. The first-order chi connectivity index (χ1) is 11.4. The summed E-state index contributed by atoms with van der Waals surface area (Å²) in [5, 5.41) is 10.3. The molecule has 0 aromatic heterocycles. The van der Waals surface area contributed by atoms with Crippen LogP contribution in [0.2, 0.25) is 0 Å². The third kappa shape index (κ3) is 2.33. The summed E-state index contributed by atoms with van der Waals surface area (Å²) in [5.74, 6) is 3.23. The van der Waals surface area contributed by atoms with Crippen LogP contribution in [-0.2, 0) is 0 Å². The van der Waals surface area contributed by atoms with Crippen molar-refractivity contribution in [3.05, 3.63) is 11.6 Å². The second-order valence-electron chi connectivity index (χ2n) is 9.39. The fraction of sp³-hybridized carbons (Fsp3) is 0.905. The van der Waals surface area contributed by atoms with Crippen LogP contribution in [0.3, 0.4) is 0 Å². The van der Waals surface area contributed by atoms with Gasteiger partial charge in [-0.15, -0.1) is 0 Å². The summed E-state index contributed by atoms with van der Waals surface area (Å²) in [6, 6.07) is 0.